The summed E-state index contributed by atoms with van der Waals surface area (Å²) in [5.41, 5.74) is 1.88. The molecule has 35 heavy (non-hydrogen) atoms. The predicted molar refractivity (Wildman–Crippen MR) is 141 cm³/mol. The van der Waals surface area contributed by atoms with Gasteiger partial charge in [0.1, 0.15) is 11.3 Å². The van der Waals surface area contributed by atoms with E-state index in [1.807, 2.05) is 24.5 Å². The molecule has 1 saturated heterocycles. The number of halogens is 3. The van der Waals surface area contributed by atoms with E-state index in [1.165, 1.54) is 12.3 Å². The molecule has 2 aliphatic rings. The molecule has 5 rings (SSSR count). The number of aliphatic hydroxyl groups excluding tert-OH is 2. The first kappa shape index (κ1) is 25.1. The highest BCUT2D eigenvalue weighted by molar-refractivity contribution is 14.1. The standard InChI is InChI=1S/C24H28ClFIN5O3/c1-11(2)32-19-6-12(5-17(26)22(19)30-23(32)13-3-15(33)4-13)21-16(25)8-28-24(31-21)29-18-7-14(27)9-35-10-20(18)34/h5-6,8,11,13-15,18,20,33-34H,3-4,7,9-10H2,1-2H3,(H,28,29,31)/t13?,14-,15?,18?,20+/m0/s1. The molecule has 1 aromatic carbocycles. The Morgan fingerprint density at radius 3 is 2.69 bits per heavy atom. The van der Waals surface area contributed by atoms with Crippen LogP contribution in [0.1, 0.15) is 50.9 Å². The molecule has 2 aromatic heterocycles. The number of alkyl halides is 1. The third kappa shape index (κ3) is 5.00. The molecule has 2 fully saturated rings. The summed E-state index contributed by atoms with van der Waals surface area (Å²) in [5, 5.41) is 23.7. The van der Waals surface area contributed by atoms with Crippen LogP contribution < -0.4 is 5.32 Å². The molecular formula is C24H28ClFIN5O3. The number of hydrogen-bond donors (Lipinski definition) is 3. The van der Waals surface area contributed by atoms with Crippen LogP contribution in [0.2, 0.25) is 5.02 Å². The van der Waals surface area contributed by atoms with Gasteiger partial charge in [0.25, 0.3) is 0 Å². The minimum Gasteiger partial charge on any atom is -0.393 e. The summed E-state index contributed by atoms with van der Waals surface area (Å²) >= 11 is 8.77. The molecule has 11 heteroatoms. The molecule has 3 aromatic rings. The summed E-state index contributed by atoms with van der Waals surface area (Å²) in [5.74, 6) is 0.760. The largest absolute Gasteiger partial charge is 0.393 e. The third-order valence-corrected chi connectivity index (χ3v) is 7.81. The smallest absolute Gasteiger partial charge is 0.223 e. The molecule has 3 heterocycles. The Balaban J connectivity index is 1.53. The van der Waals surface area contributed by atoms with Crippen molar-refractivity contribution in [2.24, 2.45) is 0 Å². The Kier molecular flexibility index (Phi) is 7.19. The van der Waals surface area contributed by atoms with Crippen molar-refractivity contribution >= 4 is 51.2 Å². The molecule has 0 spiro atoms. The van der Waals surface area contributed by atoms with Gasteiger partial charge in [0, 0.05) is 21.4 Å². The lowest BCUT2D eigenvalue weighted by Gasteiger charge is -2.32. The zero-order valence-corrected chi connectivity index (χ0v) is 22.4. The number of aromatic nitrogens is 4. The van der Waals surface area contributed by atoms with Crippen molar-refractivity contribution in [3.05, 3.63) is 35.0 Å². The molecule has 1 unspecified atom stereocenters. The highest BCUT2D eigenvalue weighted by atomic mass is 127. The van der Waals surface area contributed by atoms with Gasteiger partial charge in [0.05, 0.1) is 53.9 Å². The van der Waals surface area contributed by atoms with Gasteiger partial charge in [-0.05, 0) is 45.2 Å². The van der Waals surface area contributed by atoms with Crippen molar-refractivity contribution < 1.29 is 19.3 Å². The van der Waals surface area contributed by atoms with Crippen LogP contribution in [0.4, 0.5) is 10.3 Å². The van der Waals surface area contributed by atoms with E-state index < -0.39 is 11.9 Å². The summed E-state index contributed by atoms with van der Waals surface area (Å²) in [7, 11) is 0. The molecule has 0 amide bonds. The first-order valence-electron chi connectivity index (χ1n) is 11.8. The molecule has 1 saturated carbocycles. The SMILES string of the molecule is CC(C)n1c(C2CC(O)C2)nc2c(F)cc(-c3nc(NC4C[C@H](I)COC[C@H]4O)ncc3Cl)cc21. The quantitative estimate of drug-likeness (QED) is 0.287. The molecule has 8 nitrogen and oxygen atoms in total. The number of benzene rings is 1. The molecule has 1 aliphatic carbocycles. The van der Waals surface area contributed by atoms with Crippen molar-refractivity contribution in [2.45, 2.75) is 67.2 Å². The van der Waals surface area contributed by atoms with Crippen LogP contribution in [0.25, 0.3) is 22.3 Å². The van der Waals surface area contributed by atoms with Crippen LogP contribution in [0, 0.1) is 5.82 Å². The molecule has 1 aliphatic heterocycles. The fourth-order valence-corrected chi connectivity index (χ4v) is 5.83. The van der Waals surface area contributed by atoms with Gasteiger partial charge < -0.3 is 24.8 Å². The predicted octanol–water partition coefficient (Wildman–Crippen LogP) is 4.47. The Morgan fingerprint density at radius 2 is 1.97 bits per heavy atom. The maximum atomic E-state index is 15.3. The molecule has 188 valence electrons. The molecule has 0 radical (unpaired) electrons. The Hall–Kier alpha value is -1.60. The number of ether oxygens (including phenoxy) is 1. The topological polar surface area (TPSA) is 105 Å². The zero-order chi connectivity index (χ0) is 24.9. The molecule has 0 bridgehead atoms. The summed E-state index contributed by atoms with van der Waals surface area (Å²) in [6.45, 7) is 4.88. The number of nitrogens with zero attached hydrogens (tertiary/aromatic N) is 4. The van der Waals surface area contributed by atoms with Gasteiger partial charge in [0.2, 0.25) is 5.95 Å². The lowest BCUT2D eigenvalue weighted by Crippen LogP contribution is -2.36. The van der Waals surface area contributed by atoms with Crippen molar-refractivity contribution in [1.82, 2.24) is 19.5 Å². The van der Waals surface area contributed by atoms with E-state index in [4.69, 9.17) is 16.3 Å². The van der Waals surface area contributed by atoms with Crippen LogP contribution in [0.15, 0.2) is 18.3 Å². The maximum absolute atomic E-state index is 15.3. The van der Waals surface area contributed by atoms with Gasteiger partial charge in [-0.25, -0.2) is 19.3 Å². The Labute approximate surface area is 221 Å². The number of rotatable bonds is 5. The van der Waals surface area contributed by atoms with E-state index in [0.717, 1.165) is 5.82 Å². The number of imidazole rings is 1. The average Bonchev–Trinajstić information content (AvgIpc) is 3.09. The Bertz CT molecular complexity index is 1240. The van der Waals surface area contributed by atoms with Crippen LogP contribution in [-0.4, -0.2) is 65.1 Å². The second-order valence-corrected chi connectivity index (χ2v) is 11.8. The monoisotopic (exact) mass is 615 g/mol. The van der Waals surface area contributed by atoms with Crippen molar-refractivity contribution in [3.8, 4) is 11.3 Å². The summed E-state index contributed by atoms with van der Waals surface area (Å²) < 4.78 is 23.1. The van der Waals surface area contributed by atoms with E-state index in [-0.39, 0.29) is 34.6 Å². The van der Waals surface area contributed by atoms with E-state index in [9.17, 15) is 10.2 Å². The first-order valence-corrected chi connectivity index (χ1v) is 13.4. The fourth-order valence-electron chi connectivity index (χ4n) is 4.83. The van der Waals surface area contributed by atoms with Crippen LogP contribution in [-0.2, 0) is 4.74 Å². The van der Waals surface area contributed by atoms with Gasteiger partial charge in [-0.3, -0.25) is 0 Å². The number of hydrogen-bond acceptors (Lipinski definition) is 7. The van der Waals surface area contributed by atoms with Crippen molar-refractivity contribution in [3.63, 3.8) is 0 Å². The van der Waals surface area contributed by atoms with Crippen molar-refractivity contribution in [2.75, 3.05) is 18.5 Å². The second kappa shape index (κ2) is 10.0. The molecular weight excluding hydrogens is 588 g/mol. The van der Waals surface area contributed by atoms with Crippen LogP contribution in [0.5, 0.6) is 0 Å². The number of anilines is 1. The zero-order valence-electron chi connectivity index (χ0n) is 19.5. The number of aliphatic hydroxyl groups is 2. The van der Waals surface area contributed by atoms with Gasteiger partial charge in [-0.1, -0.05) is 34.2 Å². The van der Waals surface area contributed by atoms with Gasteiger partial charge in [0.15, 0.2) is 5.82 Å². The minimum atomic E-state index is -0.699. The average molecular weight is 616 g/mol. The Morgan fingerprint density at radius 1 is 1.20 bits per heavy atom. The van der Waals surface area contributed by atoms with E-state index in [0.29, 0.717) is 59.1 Å². The van der Waals surface area contributed by atoms with Gasteiger partial charge in [-0.15, -0.1) is 0 Å². The highest BCUT2D eigenvalue weighted by Gasteiger charge is 2.34. The third-order valence-electron chi connectivity index (χ3n) is 6.66. The van der Waals surface area contributed by atoms with Crippen LogP contribution >= 0.6 is 34.2 Å². The molecule has 3 N–H and O–H groups in total. The maximum Gasteiger partial charge on any atom is 0.223 e. The summed E-state index contributed by atoms with van der Waals surface area (Å²) in [4.78, 5) is 13.5. The normalized spacial score (nSPS) is 27.1. The lowest BCUT2D eigenvalue weighted by molar-refractivity contribution is 0.0474. The van der Waals surface area contributed by atoms with E-state index in [2.05, 4.69) is 42.9 Å². The second-order valence-electron chi connectivity index (χ2n) is 9.66. The summed E-state index contributed by atoms with van der Waals surface area (Å²) in [6.07, 6.45) is 2.41. The first-order chi connectivity index (χ1) is 16.7. The van der Waals surface area contributed by atoms with E-state index in [1.54, 1.807) is 0 Å². The van der Waals surface area contributed by atoms with Gasteiger partial charge in [-0.2, -0.15) is 0 Å². The number of nitrogens with one attached hydrogen (secondary N) is 1. The number of fused-ring (bicyclic) bond motifs is 1. The summed E-state index contributed by atoms with van der Waals surface area (Å²) in [6, 6.07) is 3.03. The minimum absolute atomic E-state index is 0.0562. The lowest BCUT2D eigenvalue weighted by atomic mass is 9.82. The fraction of sp³-hybridized carbons (Fsp3) is 0.542. The highest BCUT2D eigenvalue weighted by Crippen LogP contribution is 2.40. The van der Waals surface area contributed by atoms with Gasteiger partial charge >= 0.3 is 0 Å². The van der Waals surface area contributed by atoms with Crippen LogP contribution in [0.3, 0.4) is 0 Å². The molecule has 3 atom stereocenters. The van der Waals surface area contributed by atoms with Crippen molar-refractivity contribution in [1.29, 1.82) is 0 Å². The van der Waals surface area contributed by atoms with E-state index >= 15 is 4.39 Å².